The Balaban J connectivity index is 2.31. The van der Waals surface area contributed by atoms with Gasteiger partial charge in [-0.1, -0.05) is 35.5 Å². The molecule has 104 valence electrons. The van der Waals surface area contributed by atoms with Crippen molar-refractivity contribution in [3.63, 3.8) is 0 Å². The molecule has 0 saturated heterocycles. The van der Waals surface area contributed by atoms with Gasteiger partial charge in [0.1, 0.15) is 0 Å². The van der Waals surface area contributed by atoms with E-state index >= 15 is 0 Å². The van der Waals surface area contributed by atoms with Crippen molar-refractivity contribution in [1.29, 1.82) is 0 Å². The molecular formula is C14H21N3O2. The Morgan fingerprint density at radius 1 is 1.53 bits per heavy atom. The zero-order valence-corrected chi connectivity index (χ0v) is 11.2. The summed E-state index contributed by atoms with van der Waals surface area (Å²) >= 11 is 0. The minimum atomic E-state index is 0.117. The molecule has 0 amide bonds. The van der Waals surface area contributed by atoms with Crippen LogP contribution in [-0.4, -0.2) is 30.8 Å². The highest BCUT2D eigenvalue weighted by Gasteiger charge is 2.00. The molecule has 0 aromatic heterocycles. The molecular weight excluding hydrogens is 242 g/mol. The lowest BCUT2D eigenvalue weighted by Gasteiger charge is -2.07. The van der Waals surface area contributed by atoms with Crippen molar-refractivity contribution in [2.45, 2.75) is 13.5 Å². The van der Waals surface area contributed by atoms with E-state index < -0.39 is 0 Å². The van der Waals surface area contributed by atoms with Crippen molar-refractivity contribution in [1.82, 2.24) is 5.32 Å². The van der Waals surface area contributed by atoms with Crippen molar-refractivity contribution in [3.05, 3.63) is 47.5 Å². The van der Waals surface area contributed by atoms with Crippen molar-refractivity contribution >= 4 is 5.84 Å². The third-order valence-electron chi connectivity index (χ3n) is 2.43. The standard InChI is InChI=1S/C14H21N3O2/c1-11(2)10-19-7-6-16-9-12-4-3-5-13(8-12)14(15)17-18/h3-5,8,16,18H,1,6-7,9-10H2,2H3,(H2,15,17). The minimum Gasteiger partial charge on any atom is -0.409 e. The van der Waals surface area contributed by atoms with E-state index in [9.17, 15) is 0 Å². The highest BCUT2D eigenvalue weighted by molar-refractivity contribution is 5.97. The van der Waals surface area contributed by atoms with Gasteiger partial charge in [0.2, 0.25) is 0 Å². The van der Waals surface area contributed by atoms with Crippen LogP contribution in [0.2, 0.25) is 0 Å². The zero-order chi connectivity index (χ0) is 14.1. The van der Waals surface area contributed by atoms with E-state index in [1.54, 1.807) is 6.07 Å². The lowest BCUT2D eigenvalue weighted by Crippen LogP contribution is -2.20. The summed E-state index contributed by atoms with van der Waals surface area (Å²) in [6.07, 6.45) is 0. The van der Waals surface area contributed by atoms with Gasteiger partial charge >= 0.3 is 0 Å². The summed E-state index contributed by atoms with van der Waals surface area (Å²) in [5.41, 5.74) is 8.34. The molecule has 0 aliphatic carbocycles. The molecule has 1 aromatic rings. The number of oxime groups is 1. The molecule has 1 rings (SSSR count). The number of nitrogens with two attached hydrogens (primary N) is 1. The lowest BCUT2D eigenvalue weighted by atomic mass is 10.1. The van der Waals surface area contributed by atoms with E-state index in [-0.39, 0.29) is 5.84 Å². The van der Waals surface area contributed by atoms with Gasteiger partial charge in [-0.25, -0.2) is 0 Å². The molecule has 19 heavy (non-hydrogen) atoms. The molecule has 5 heteroatoms. The quantitative estimate of drug-likeness (QED) is 0.166. The lowest BCUT2D eigenvalue weighted by molar-refractivity contribution is 0.158. The van der Waals surface area contributed by atoms with Gasteiger partial charge in [0.15, 0.2) is 5.84 Å². The molecule has 5 nitrogen and oxygen atoms in total. The Kier molecular flexibility index (Phi) is 6.63. The van der Waals surface area contributed by atoms with Gasteiger partial charge in [0.05, 0.1) is 13.2 Å². The number of nitrogens with zero attached hydrogens (tertiary/aromatic N) is 1. The molecule has 4 N–H and O–H groups in total. The average Bonchev–Trinajstić information content (AvgIpc) is 2.41. The Hall–Kier alpha value is -1.85. The first-order chi connectivity index (χ1) is 9.13. The number of nitrogens with one attached hydrogen (secondary N) is 1. The van der Waals surface area contributed by atoms with Crippen LogP contribution in [0.25, 0.3) is 0 Å². The maximum Gasteiger partial charge on any atom is 0.170 e. The Morgan fingerprint density at radius 2 is 2.32 bits per heavy atom. The highest BCUT2D eigenvalue weighted by atomic mass is 16.5. The first-order valence-corrected chi connectivity index (χ1v) is 6.13. The largest absolute Gasteiger partial charge is 0.409 e. The van der Waals surface area contributed by atoms with Crippen LogP contribution in [0.1, 0.15) is 18.1 Å². The number of rotatable bonds is 8. The SMILES string of the molecule is C=C(C)COCCNCc1cccc(/C(N)=N/O)c1. The van der Waals surface area contributed by atoms with Crippen molar-refractivity contribution in [2.75, 3.05) is 19.8 Å². The molecule has 0 unspecified atom stereocenters. The molecule has 0 heterocycles. The number of benzene rings is 1. The monoisotopic (exact) mass is 263 g/mol. The van der Waals surface area contributed by atoms with Crippen LogP contribution in [0, 0.1) is 0 Å². The topological polar surface area (TPSA) is 79.9 Å². The zero-order valence-electron chi connectivity index (χ0n) is 11.2. The Morgan fingerprint density at radius 3 is 3.00 bits per heavy atom. The predicted molar refractivity (Wildman–Crippen MR) is 76.3 cm³/mol. The van der Waals surface area contributed by atoms with Gasteiger partial charge < -0.3 is 21.0 Å². The van der Waals surface area contributed by atoms with Crippen LogP contribution in [0.5, 0.6) is 0 Å². The van der Waals surface area contributed by atoms with E-state index in [1.807, 2.05) is 25.1 Å². The molecule has 0 fully saturated rings. The van der Waals surface area contributed by atoms with Crippen LogP contribution < -0.4 is 11.1 Å². The Labute approximate surface area is 113 Å². The minimum absolute atomic E-state index is 0.117. The summed E-state index contributed by atoms with van der Waals surface area (Å²) in [6.45, 7) is 8.42. The molecule has 0 aliphatic rings. The third-order valence-corrected chi connectivity index (χ3v) is 2.43. The predicted octanol–water partition coefficient (Wildman–Crippen LogP) is 1.46. The van der Waals surface area contributed by atoms with E-state index in [2.05, 4.69) is 17.1 Å². The summed E-state index contributed by atoms with van der Waals surface area (Å²) in [6, 6.07) is 7.54. The van der Waals surface area contributed by atoms with Crippen LogP contribution in [0.4, 0.5) is 0 Å². The Bertz CT molecular complexity index is 444. The fraction of sp³-hybridized carbons (Fsp3) is 0.357. The molecule has 0 spiro atoms. The molecule has 0 bridgehead atoms. The smallest absolute Gasteiger partial charge is 0.170 e. The van der Waals surface area contributed by atoms with Crippen LogP contribution in [0.3, 0.4) is 0 Å². The maximum atomic E-state index is 8.62. The number of hydrogen-bond acceptors (Lipinski definition) is 4. The van der Waals surface area contributed by atoms with Gasteiger partial charge in [0, 0.05) is 18.7 Å². The van der Waals surface area contributed by atoms with E-state index in [0.717, 1.165) is 17.7 Å². The van der Waals surface area contributed by atoms with Gasteiger partial charge in [-0.2, -0.15) is 0 Å². The second-order valence-electron chi connectivity index (χ2n) is 4.37. The van der Waals surface area contributed by atoms with Gasteiger partial charge in [-0.15, -0.1) is 0 Å². The number of ether oxygens (including phenoxy) is 1. The van der Waals surface area contributed by atoms with E-state index in [1.165, 1.54) is 0 Å². The number of amidine groups is 1. The van der Waals surface area contributed by atoms with E-state index in [4.69, 9.17) is 15.7 Å². The van der Waals surface area contributed by atoms with Crippen LogP contribution >= 0.6 is 0 Å². The third kappa shape index (κ3) is 6.03. The molecule has 0 aliphatic heterocycles. The van der Waals surface area contributed by atoms with Gasteiger partial charge in [-0.3, -0.25) is 0 Å². The summed E-state index contributed by atoms with van der Waals surface area (Å²) in [4.78, 5) is 0. The average molecular weight is 263 g/mol. The van der Waals surface area contributed by atoms with Gasteiger partial charge in [0.25, 0.3) is 0 Å². The summed E-state index contributed by atoms with van der Waals surface area (Å²) < 4.78 is 5.38. The number of hydrogen-bond donors (Lipinski definition) is 3. The first kappa shape index (κ1) is 15.2. The molecule has 1 aromatic carbocycles. The normalized spacial score (nSPS) is 11.5. The van der Waals surface area contributed by atoms with Gasteiger partial charge in [-0.05, 0) is 18.6 Å². The second kappa shape index (κ2) is 8.29. The van der Waals surface area contributed by atoms with E-state index in [0.29, 0.717) is 25.3 Å². The molecule has 0 saturated carbocycles. The fourth-order valence-corrected chi connectivity index (χ4v) is 1.52. The van der Waals surface area contributed by atoms with Crippen LogP contribution in [0.15, 0.2) is 41.6 Å². The van der Waals surface area contributed by atoms with Crippen molar-refractivity contribution < 1.29 is 9.94 Å². The van der Waals surface area contributed by atoms with Crippen LogP contribution in [-0.2, 0) is 11.3 Å². The molecule has 0 radical (unpaired) electrons. The summed E-state index contributed by atoms with van der Waals surface area (Å²) in [7, 11) is 0. The maximum absolute atomic E-state index is 8.62. The molecule has 0 atom stereocenters. The second-order valence-corrected chi connectivity index (χ2v) is 4.37. The van der Waals surface area contributed by atoms with Crippen molar-refractivity contribution in [3.8, 4) is 0 Å². The first-order valence-electron chi connectivity index (χ1n) is 6.13. The summed E-state index contributed by atoms with van der Waals surface area (Å²) in [5.74, 6) is 0.117. The highest BCUT2D eigenvalue weighted by Crippen LogP contribution is 2.04. The van der Waals surface area contributed by atoms with Crippen molar-refractivity contribution in [2.24, 2.45) is 10.9 Å². The summed E-state index contributed by atoms with van der Waals surface area (Å²) in [5, 5.41) is 14.9. The fourth-order valence-electron chi connectivity index (χ4n) is 1.52.